The fourth-order valence-corrected chi connectivity index (χ4v) is 3.83. The molecule has 2 aliphatic heterocycles. The van der Waals surface area contributed by atoms with E-state index < -0.39 is 0 Å². The molecule has 3 rings (SSSR count). The van der Waals surface area contributed by atoms with E-state index in [-0.39, 0.29) is 0 Å². The Labute approximate surface area is 75.1 Å². The van der Waals surface area contributed by atoms with Gasteiger partial charge in [-0.2, -0.15) is 0 Å². The lowest BCUT2D eigenvalue weighted by atomic mass is 9.89. The van der Waals surface area contributed by atoms with Gasteiger partial charge >= 0.3 is 0 Å². The number of fused-ring (bicyclic) bond motifs is 3. The Hall–Kier alpha value is -0.0400. The molecule has 0 aromatic carbocycles. The first-order chi connectivity index (χ1) is 5.95. The fraction of sp³-hybridized carbons (Fsp3) is 1.00. The maximum absolute atomic E-state index is 2.79. The highest BCUT2D eigenvalue weighted by atomic mass is 15.2. The second-order valence-corrected chi connectivity index (χ2v) is 4.91. The highest BCUT2D eigenvalue weighted by Crippen LogP contribution is 2.44. The van der Waals surface area contributed by atoms with E-state index in [4.69, 9.17) is 0 Å². The maximum atomic E-state index is 2.79. The first kappa shape index (κ1) is 7.37. The van der Waals surface area contributed by atoms with Crippen LogP contribution in [0.15, 0.2) is 0 Å². The summed E-state index contributed by atoms with van der Waals surface area (Å²) in [5, 5.41) is 0. The predicted molar refractivity (Wildman–Crippen MR) is 50.0 cm³/mol. The van der Waals surface area contributed by atoms with E-state index in [1.807, 2.05) is 0 Å². The van der Waals surface area contributed by atoms with Gasteiger partial charge in [-0.15, -0.1) is 0 Å². The van der Waals surface area contributed by atoms with E-state index in [2.05, 4.69) is 4.90 Å². The first-order valence-corrected chi connectivity index (χ1v) is 5.69. The van der Waals surface area contributed by atoms with Crippen LogP contribution < -0.4 is 0 Å². The van der Waals surface area contributed by atoms with Crippen molar-refractivity contribution in [2.24, 2.45) is 11.8 Å². The molecule has 68 valence electrons. The van der Waals surface area contributed by atoms with Crippen molar-refractivity contribution in [1.82, 2.24) is 4.90 Å². The van der Waals surface area contributed by atoms with Gasteiger partial charge in [-0.05, 0) is 44.1 Å². The third-order valence-corrected chi connectivity index (χ3v) is 4.35. The van der Waals surface area contributed by atoms with E-state index in [0.717, 1.165) is 17.9 Å². The zero-order valence-electron chi connectivity index (χ0n) is 7.84. The van der Waals surface area contributed by atoms with Crippen LogP contribution in [0.2, 0.25) is 0 Å². The molecule has 0 spiro atoms. The van der Waals surface area contributed by atoms with Gasteiger partial charge in [0.25, 0.3) is 0 Å². The third-order valence-electron chi connectivity index (χ3n) is 4.35. The highest BCUT2D eigenvalue weighted by Gasteiger charge is 2.44. The molecule has 3 aliphatic rings. The van der Waals surface area contributed by atoms with Gasteiger partial charge in [0, 0.05) is 12.6 Å². The van der Waals surface area contributed by atoms with Crippen LogP contribution in [0.5, 0.6) is 0 Å². The second kappa shape index (κ2) is 2.73. The van der Waals surface area contributed by atoms with Gasteiger partial charge in [0.1, 0.15) is 0 Å². The number of hydrogen-bond donors (Lipinski definition) is 0. The molecule has 0 radical (unpaired) electrons. The van der Waals surface area contributed by atoms with Crippen molar-refractivity contribution in [3.63, 3.8) is 0 Å². The predicted octanol–water partition coefficient (Wildman–Crippen LogP) is 2.27. The van der Waals surface area contributed by atoms with E-state index in [1.165, 1.54) is 45.2 Å². The zero-order valence-corrected chi connectivity index (χ0v) is 7.84. The van der Waals surface area contributed by atoms with Crippen LogP contribution >= 0.6 is 0 Å². The Morgan fingerprint density at radius 3 is 2.92 bits per heavy atom. The van der Waals surface area contributed by atoms with Gasteiger partial charge in [-0.1, -0.05) is 12.8 Å². The molecule has 1 saturated carbocycles. The summed E-state index contributed by atoms with van der Waals surface area (Å²) in [7, 11) is 0. The van der Waals surface area contributed by atoms with Crippen LogP contribution in [0.4, 0.5) is 0 Å². The van der Waals surface area contributed by atoms with Crippen molar-refractivity contribution in [2.75, 3.05) is 13.1 Å². The summed E-state index contributed by atoms with van der Waals surface area (Å²) < 4.78 is 0. The van der Waals surface area contributed by atoms with E-state index >= 15 is 0 Å². The molecule has 0 aromatic heterocycles. The smallest absolute Gasteiger partial charge is 0.0127 e. The molecule has 0 aromatic rings. The lowest BCUT2D eigenvalue weighted by molar-refractivity contribution is 0.169. The molecule has 12 heavy (non-hydrogen) atoms. The normalized spacial score (nSPS) is 47.5. The Kier molecular flexibility index (Phi) is 1.68. The van der Waals surface area contributed by atoms with Crippen LogP contribution in [-0.4, -0.2) is 24.0 Å². The second-order valence-electron chi connectivity index (χ2n) is 4.91. The summed E-state index contributed by atoms with van der Waals surface area (Å²) in [6.45, 7) is 2.87. The number of piperidine rings is 1. The van der Waals surface area contributed by atoms with Crippen molar-refractivity contribution < 1.29 is 0 Å². The summed E-state index contributed by atoms with van der Waals surface area (Å²) in [5.74, 6) is 2.22. The molecule has 0 amide bonds. The van der Waals surface area contributed by atoms with E-state index in [1.54, 1.807) is 6.42 Å². The van der Waals surface area contributed by atoms with Crippen molar-refractivity contribution >= 4 is 0 Å². The average Bonchev–Trinajstić information content (AvgIpc) is 2.62. The molecule has 3 unspecified atom stereocenters. The number of hydrogen-bond acceptors (Lipinski definition) is 1. The lowest BCUT2D eigenvalue weighted by Gasteiger charge is -2.32. The zero-order chi connectivity index (χ0) is 7.97. The molecular formula is C11H19N. The molecule has 0 N–H and O–H groups in total. The topological polar surface area (TPSA) is 3.24 Å². The molecule has 1 aliphatic carbocycles. The molecule has 3 fully saturated rings. The van der Waals surface area contributed by atoms with Crippen LogP contribution in [0, 0.1) is 11.8 Å². The van der Waals surface area contributed by atoms with Crippen molar-refractivity contribution in [3.8, 4) is 0 Å². The molecule has 1 heteroatoms. The quantitative estimate of drug-likeness (QED) is 0.532. The van der Waals surface area contributed by atoms with E-state index in [9.17, 15) is 0 Å². The van der Waals surface area contributed by atoms with Crippen molar-refractivity contribution in [2.45, 2.75) is 44.6 Å². The van der Waals surface area contributed by atoms with Gasteiger partial charge in [0.05, 0.1) is 0 Å². The van der Waals surface area contributed by atoms with Gasteiger partial charge in [-0.25, -0.2) is 0 Å². The summed E-state index contributed by atoms with van der Waals surface area (Å²) >= 11 is 0. The van der Waals surface area contributed by atoms with E-state index in [0.29, 0.717) is 0 Å². The first-order valence-electron chi connectivity index (χ1n) is 5.69. The van der Waals surface area contributed by atoms with Crippen LogP contribution in [-0.2, 0) is 0 Å². The maximum Gasteiger partial charge on any atom is 0.0127 e. The summed E-state index contributed by atoms with van der Waals surface area (Å²) in [6, 6.07) is 1.02. The van der Waals surface area contributed by atoms with Crippen molar-refractivity contribution in [1.29, 1.82) is 0 Å². The SMILES string of the molecule is C1CC2CN3CCCCC3C2C1. The largest absolute Gasteiger partial charge is 0.300 e. The Bertz CT molecular complexity index is 178. The molecule has 2 saturated heterocycles. The molecule has 1 nitrogen and oxygen atoms in total. The van der Waals surface area contributed by atoms with Crippen LogP contribution in [0.3, 0.4) is 0 Å². The lowest BCUT2D eigenvalue weighted by Crippen LogP contribution is -2.36. The fourth-order valence-electron chi connectivity index (χ4n) is 3.83. The molecular weight excluding hydrogens is 146 g/mol. The Balaban J connectivity index is 1.79. The molecule has 2 heterocycles. The minimum Gasteiger partial charge on any atom is -0.300 e. The van der Waals surface area contributed by atoms with Crippen LogP contribution in [0.1, 0.15) is 38.5 Å². The summed E-state index contributed by atoms with van der Waals surface area (Å²) in [4.78, 5) is 2.79. The molecule has 0 bridgehead atoms. The third kappa shape index (κ3) is 0.953. The number of nitrogens with zero attached hydrogens (tertiary/aromatic N) is 1. The number of rotatable bonds is 0. The van der Waals surface area contributed by atoms with Gasteiger partial charge in [-0.3, -0.25) is 4.90 Å². The van der Waals surface area contributed by atoms with Gasteiger partial charge in [0.15, 0.2) is 0 Å². The average molecular weight is 165 g/mol. The van der Waals surface area contributed by atoms with Gasteiger partial charge < -0.3 is 0 Å². The van der Waals surface area contributed by atoms with Crippen molar-refractivity contribution in [3.05, 3.63) is 0 Å². The minimum absolute atomic E-state index is 1.02. The van der Waals surface area contributed by atoms with Crippen LogP contribution in [0.25, 0.3) is 0 Å². The summed E-state index contributed by atoms with van der Waals surface area (Å²) in [5.41, 5.74) is 0. The Morgan fingerprint density at radius 2 is 1.92 bits per heavy atom. The molecule has 3 atom stereocenters. The minimum atomic E-state index is 1.02. The Morgan fingerprint density at radius 1 is 0.917 bits per heavy atom. The standard InChI is InChI=1S/C11H19N/c1-2-7-12-8-9-4-3-5-10(9)11(12)6-1/h9-11H,1-8H2. The summed E-state index contributed by atoms with van der Waals surface area (Å²) in [6.07, 6.45) is 9.10. The highest BCUT2D eigenvalue weighted by molar-refractivity contribution is 4.97. The van der Waals surface area contributed by atoms with Gasteiger partial charge in [0.2, 0.25) is 0 Å². The monoisotopic (exact) mass is 165 g/mol.